The zero-order chi connectivity index (χ0) is 10.1. The van der Waals surface area contributed by atoms with Gasteiger partial charge in [0.1, 0.15) is 8.24 Å². The van der Waals surface area contributed by atoms with Crippen LogP contribution < -0.4 is 4.65 Å². The van der Waals surface area contributed by atoms with Gasteiger partial charge in [-0.15, -0.1) is 0 Å². The van der Waals surface area contributed by atoms with Gasteiger partial charge in [-0.2, -0.15) is 0 Å². The van der Waals surface area contributed by atoms with Gasteiger partial charge in [-0.25, -0.2) is 4.98 Å². The van der Waals surface area contributed by atoms with Crippen molar-refractivity contribution in [3.63, 3.8) is 0 Å². The first-order chi connectivity index (χ1) is 5.81. The van der Waals surface area contributed by atoms with Crippen molar-refractivity contribution in [1.29, 1.82) is 0 Å². The standard InChI is InChI=1S/C8H19N3Si2/c1-12(2,3)10-13(4,5)11-7-6-9-8-11/h6-8,10H,1-5H3. The summed E-state index contributed by atoms with van der Waals surface area (Å²) in [4.78, 5) is 4.09. The molecule has 74 valence electrons. The van der Waals surface area contributed by atoms with Gasteiger partial charge in [0.15, 0.2) is 0 Å². The molecule has 1 N–H and O–H groups in total. The van der Waals surface area contributed by atoms with Crippen LogP contribution in [0, 0.1) is 0 Å². The lowest BCUT2D eigenvalue weighted by atomic mass is 11.0. The topological polar surface area (TPSA) is 29.9 Å². The number of imidazole rings is 1. The predicted molar refractivity (Wildman–Crippen MR) is 61.6 cm³/mol. The van der Waals surface area contributed by atoms with Gasteiger partial charge in [0.25, 0.3) is 0 Å². The summed E-state index contributed by atoms with van der Waals surface area (Å²) in [5.41, 5.74) is 0. The Balaban J connectivity index is 2.78. The van der Waals surface area contributed by atoms with E-state index in [1.54, 1.807) is 0 Å². The van der Waals surface area contributed by atoms with Gasteiger partial charge in [0.2, 0.25) is 8.40 Å². The van der Waals surface area contributed by atoms with Crippen molar-refractivity contribution in [3.05, 3.63) is 18.7 Å². The normalized spacial score (nSPS) is 13.3. The van der Waals surface area contributed by atoms with E-state index in [2.05, 4.69) is 52.8 Å². The Morgan fingerprint density at radius 2 is 1.77 bits per heavy atom. The highest BCUT2D eigenvalue weighted by Gasteiger charge is 2.29. The third kappa shape index (κ3) is 3.09. The molecule has 0 bridgehead atoms. The molecule has 0 aromatic carbocycles. The molecule has 0 saturated heterocycles. The van der Waals surface area contributed by atoms with Crippen molar-refractivity contribution in [2.45, 2.75) is 32.7 Å². The maximum absolute atomic E-state index is 4.09. The molecular formula is C8H19N3Si2. The number of hydrogen-bond acceptors (Lipinski definition) is 2. The third-order valence-corrected chi connectivity index (χ3v) is 8.83. The molecule has 3 nitrogen and oxygen atoms in total. The highest BCUT2D eigenvalue weighted by atomic mass is 28.4. The van der Waals surface area contributed by atoms with E-state index in [4.69, 9.17) is 0 Å². The van der Waals surface area contributed by atoms with E-state index in [1.807, 2.05) is 12.5 Å². The molecule has 1 heterocycles. The van der Waals surface area contributed by atoms with Crippen molar-refractivity contribution in [2.75, 3.05) is 0 Å². The maximum atomic E-state index is 4.09. The zero-order valence-corrected chi connectivity index (χ0v) is 11.1. The molecule has 0 radical (unpaired) electrons. The molecule has 0 atom stereocenters. The van der Waals surface area contributed by atoms with Gasteiger partial charge < -0.3 is 8.88 Å². The second kappa shape index (κ2) is 3.40. The molecule has 0 saturated carbocycles. The molecule has 0 aliphatic carbocycles. The minimum atomic E-state index is -1.50. The van der Waals surface area contributed by atoms with Gasteiger partial charge >= 0.3 is 0 Å². The fourth-order valence-corrected chi connectivity index (χ4v) is 10.2. The van der Waals surface area contributed by atoms with Crippen LogP contribution in [0.2, 0.25) is 32.7 Å². The van der Waals surface area contributed by atoms with Crippen LogP contribution in [-0.2, 0) is 0 Å². The van der Waals surface area contributed by atoms with Crippen molar-refractivity contribution in [1.82, 2.24) is 13.9 Å². The minimum absolute atomic E-state index is 1.19. The molecule has 0 fully saturated rings. The van der Waals surface area contributed by atoms with E-state index in [1.165, 1.54) is 0 Å². The summed E-state index contributed by atoms with van der Waals surface area (Å²) in [5, 5.41) is 0. The molecule has 0 spiro atoms. The Hall–Kier alpha value is -0.396. The summed E-state index contributed by atoms with van der Waals surface area (Å²) in [5.74, 6) is 0. The Morgan fingerprint density at radius 3 is 2.15 bits per heavy atom. The highest BCUT2D eigenvalue weighted by Crippen LogP contribution is 2.07. The van der Waals surface area contributed by atoms with Crippen LogP contribution >= 0.6 is 0 Å². The second-order valence-corrected chi connectivity index (χ2v) is 14.0. The van der Waals surface area contributed by atoms with Gasteiger partial charge in [-0.05, 0) is 13.1 Å². The van der Waals surface area contributed by atoms with Crippen molar-refractivity contribution in [3.8, 4) is 0 Å². The van der Waals surface area contributed by atoms with Crippen LogP contribution in [0.3, 0.4) is 0 Å². The summed E-state index contributed by atoms with van der Waals surface area (Å²) >= 11 is 0. The SMILES string of the molecule is C[Si](C)(C)N[Si](C)(C)n1ccnc1. The third-order valence-electron chi connectivity index (χ3n) is 1.83. The van der Waals surface area contributed by atoms with Gasteiger partial charge in [0, 0.05) is 12.4 Å². The van der Waals surface area contributed by atoms with E-state index in [-0.39, 0.29) is 0 Å². The molecule has 0 unspecified atom stereocenters. The summed E-state index contributed by atoms with van der Waals surface area (Å²) in [6.45, 7) is 11.6. The van der Waals surface area contributed by atoms with Crippen LogP contribution in [0.1, 0.15) is 0 Å². The average Bonchev–Trinajstić information content (AvgIpc) is 2.29. The lowest BCUT2D eigenvalue weighted by Crippen LogP contribution is -2.61. The molecule has 1 aromatic heterocycles. The quantitative estimate of drug-likeness (QED) is 0.777. The Morgan fingerprint density at radius 1 is 1.15 bits per heavy atom. The van der Waals surface area contributed by atoms with Crippen molar-refractivity contribution >= 4 is 16.6 Å². The number of hydrogen-bond donors (Lipinski definition) is 1. The molecule has 0 aliphatic rings. The van der Waals surface area contributed by atoms with Crippen molar-refractivity contribution in [2.24, 2.45) is 0 Å². The summed E-state index contributed by atoms with van der Waals surface area (Å²) in [7, 11) is -2.68. The molecule has 5 heteroatoms. The average molecular weight is 213 g/mol. The summed E-state index contributed by atoms with van der Waals surface area (Å²) < 4.78 is 6.04. The van der Waals surface area contributed by atoms with Crippen LogP contribution in [0.25, 0.3) is 0 Å². The van der Waals surface area contributed by atoms with Crippen LogP contribution in [0.15, 0.2) is 18.7 Å². The molecule has 0 aliphatic heterocycles. The first-order valence-corrected chi connectivity index (χ1v) is 11.0. The molecule has 0 amide bonds. The van der Waals surface area contributed by atoms with Gasteiger partial charge in [-0.3, -0.25) is 0 Å². The molecular weight excluding hydrogens is 194 g/mol. The Labute approximate surface area is 82.4 Å². The molecule has 1 rings (SSSR count). The maximum Gasteiger partial charge on any atom is 0.225 e. The number of aromatic nitrogens is 2. The largest absolute Gasteiger partial charge is 0.352 e. The van der Waals surface area contributed by atoms with E-state index in [0.29, 0.717) is 0 Å². The molecule has 13 heavy (non-hydrogen) atoms. The first kappa shape index (κ1) is 10.7. The lowest BCUT2D eigenvalue weighted by molar-refractivity contribution is 1.06. The molecule has 1 aromatic rings. The van der Waals surface area contributed by atoms with Crippen LogP contribution in [-0.4, -0.2) is 25.8 Å². The monoisotopic (exact) mass is 213 g/mol. The summed E-state index contributed by atoms with van der Waals surface area (Å²) in [6, 6.07) is 0. The van der Waals surface area contributed by atoms with E-state index < -0.39 is 16.6 Å². The minimum Gasteiger partial charge on any atom is -0.352 e. The number of rotatable bonds is 3. The highest BCUT2D eigenvalue weighted by molar-refractivity contribution is 6.89. The Bertz CT molecular complexity index is 261. The lowest BCUT2D eigenvalue weighted by Gasteiger charge is -2.32. The van der Waals surface area contributed by atoms with Crippen LogP contribution in [0.5, 0.6) is 0 Å². The predicted octanol–water partition coefficient (Wildman–Crippen LogP) is 1.86. The zero-order valence-electron chi connectivity index (χ0n) is 9.13. The Kier molecular flexibility index (Phi) is 2.79. The first-order valence-electron chi connectivity index (χ1n) is 4.59. The fourth-order valence-electron chi connectivity index (χ4n) is 1.57. The summed E-state index contributed by atoms with van der Waals surface area (Å²) in [6.07, 6.45) is 5.82. The van der Waals surface area contributed by atoms with E-state index in [0.717, 1.165) is 0 Å². The second-order valence-electron chi connectivity index (χ2n) is 4.90. The number of nitrogens with zero attached hydrogens (tertiary/aromatic N) is 2. The van der Waals surface area contributed by atoms with Crippen LogP contribution in [0.4, 0.5) is 0 Å². The van der Waals surface area contributed by atoms with E-state index in [9.17, 15) is 0 Å². The van der Waals surface area contributed by atoms with Gasteiger partial charge in [-0.1, -0.05) is 19.6 Å². The van der Waals surface area contributed by atoms with E-state index >= 15 is 0 Å². The smallest absolute Gasteiger partial charge is 0.225 e. The number of nitrogens with one attached hydrogen (secondary N) is 1. The van der Waals surface area contributed by atoms with Gasteiger partial charge in [0.05, 0.1) is 6.33 Å². The fraction of sp³-hybridized carbons (Fsp3) is 0.625. The van der Waals surface area contributed by atoms with Crippen molar-refractivity contribution < 1.29 is 0 Å².